The molecule has 0 aromatic heterocycles. The first kappa shape index (κ1) is 8.31. The van der Waals surface area contributed by atoms with E-state index < -0.39 is 0 Å². The third-order valence-corrected chi connectivity index (χ3v) is 2.35. The quantitative estimate of drug-likeness (QED) is 0.369. The lowest BCUT2D eigenvalue weighted by molar-refractivity contribution is 0.320. The van der Waals surface area contributed by atoms with Gasteiger partial charge in [0.2, 0.25) is 0 Å². The smallest absolute Gasteiger partial charge is 0.0690 e. The summed E-state index contributed by atoms with van der Waals surface area (Å²) in [5.74, 6) is 0.569. The molecule has 0 radical (unpaired) electrons. The van der Waals surface area contributed by atoms with Crippen LogP contribution in [0.25, 0.3) is 0 Å². The van der Waals surface area contributed by atoms with Crippen LogP contribution in [0.15, 0.2) is 17.3 Å². The maximum Gasteiger partial charge on any atom is 0.0690 e. The largest absolute Gasteiger partial charge is 0.411 e. The molecule has 0 aromatic rings. The van der Waals surface area contributed by atoms with Crippen molar-refractivity contribution in [1.82, 2.24) is 0 Å². The number of hydrogen-bond donors (Lipinski definition) is 1. The molecule has 62 valence electrons. The van der Waals surface area contributed by atoms with Crippen LogP contribution in [0.5, 0.6) is 0 Å². The second-order valence-corrected chi connectivity index (χ2v) is 3.15. The number of hydrogen-bond acceptors (Lipinski definition) is 2. The van der Waals surface area contributed by atoms with Gasteiger partial charge in [0.25, 0.3) is 0 Å². The molecule has 1 N–H and O–H groups in total. The normalized spacial score (nSPS) is 20.7. The minimum absolute atomic E-state index is 0.569. The van der Waals surface area contributed by atoms with Gasteiger partial charge in [-0.1, -0.05) is 31.0 Å². The molecular weight excluding hydrogens is 138 g/mol. The zero-order valence-electron chi connectivity index (χ0n) is 6.79. The van der Waals surface area contributed by atoms with Crippen molar-refractivity contribution < 1.29 is 5.21 Å². The van der Waals surface area contributed by atoms with E-state index in [2.05, 4.69) is 11.7 Å². The average Bonchev–Trinajstić information content (AvgIpc) is 2.07. The van der Waals surface area contributed by atoms with Crippen LogP contribution in [0.3, 0.4) is 0 Å². The average molecular weight is 153 g/mol. The van der Waals surface area contributed by atoms with Gasteiger partial charge in [0.1, 0.15) is 0 Å². The molecule has 0 saturated heterocycles. The van der Waals surface area contributed by atoms with E-state index in [0.29, 0.717) is 5.92 Å². The number of rotatable bonds is 2. The molecule has 1 aliphatic carbocycles. The second kappa shape index (κ2) is 4.16. The highest BCUT2D eigenvalue weighted by atomic mass is 16.4. The highest BCUT2D eigenvalue weighted by molar-refractivity contribution is 5.77. The Hall–Kier alpha value is -0.790. The lowest BCUT2D eigenvalue weighted by Crippen LogP contribution is -2.09. The first-order valence-corrected chi connectivity index (χ1v) is 4.21. The van der Waals surface area contributed by atoms with Gasteiger partial charge in [-0.05, 0) is 24.3 Å². The van der Waals surface area contributed by atoms with Crippen molar-refractivity contribution in [3.63, 3.8) is 0 Å². The Labute approximate surface area is 67.6 Å². The van der Waals surface area contributed by atoms with Crippen molar-refractivity contribution in [2.75, 3.05) is 0 Å². The van der Waals surface area contributed by atoms with Crippen molar-refractivity contribution >= 4 is 6.21 Å². The van der Waals surface area contributed by atoms with E-state index in [1.807, 2.05) is 0 Å². The molecule has 0 atom stereocenters. The molecule has 1 saturated carbocycles. The van der Waals surface area contributed by atoms with Crippen molar-refractivity contribution in [2.24, 2.45) is 11.1 Å². The molecule has 0 aliphatic heterocycles. The highest BCUT2D eigenvalue weighted by Crippen LogP contribution is 2.27. The fourth-order valence-electron chi connectivity index (χ4n) is 1.65. The predicted molar refractivity (Wildman–Crippen MR) is 46.0 cm³/mol. The van der Waals surface area contributed by atoms with E-state index in [1.165, 1.54) is 38.3 Å². The fraction of sp³-hybridized carbons (Fsp3) is 0.667. The van der Waals surface area contributed by atoms with Crippen molar-refractivity contribution in [3.8, 4) is 0 Å². The van der Waals surface area contributed by atoms with Gasteiger partial charge in [0.15, 0.2) is 0 Å². The SMILES string of the molecule is C=C(/C=N/O)C1CCCCC1. The fourth-order valence-corrected chi connectivity index (χ4v) is 1.65. The Balaban J connectivity index is 2.38. The number of allylic oxidation sites excluding steroid dienone is 1. The van der Waals surface area contributed by atoms with E-state index in [0.717, 1.165) is 5.57 Å². The van der Waals surface area contributed by atoms with Crippen LogP contribution in [0.2, 0.25) is 0 Å². The minimum atomic E-state index is 0.569. The highest BCUT2D eigenvalue weighted by Gasteiger charge is 2.14. The molecule has 0 heterocycles. The van der Waals surface area contributed by atoms with Crippen LogP contribution in [0.4, 0.5) is 0 Å². The van der Waals surface area contributed by atoms with Gasteiger partial charge in [-0.25, -0.2) is 0 Å². The monoisotopic (exact) mass is 153 g/mol. The van der Waals surface area contributed by atoms with Gasteiger partial charge in [0, 0.05) is 0 Å². The maximum atomic E-state index is 8.28. The summed E-state index contributed by atoms with van der Waals surface area (Å²) in [6.45, 7) is 3.86. The molecule has 1 aliphatic rings. The molecule has 0 unspecified atom stereocenters. The first-order chi connectivity index (χ1) is 5.34. The third kappa shape index (κ3) is 2.37. The van der Waals surface area contributed by atoms with Gasteiger partial charge >= 0.3 is 0 Å². The lowest BCUT2D eigenvalue weighted by atomic mass is 9.85. The van der Waals surface area contributed by atoms with Gasteiger partial charge in [-0.3, -0.25) is 0 Å². The van der Waals surface area contributed by atoms with Crippen LogP contribution >= 0.6 is 0 Å². The minimum Gasteiger partial charge on any atom is -0.411 e. The van der Waals surface area contributed by atoms with E-state index in [-0.39, 0.29) is 0 Å². The van der Waals surface area contributed by atoms with Crippen LogP contribution in [-0.4, -0.2) is 11.4 Å². The zero-order chi connectivity index (χ0) is 8.10. The molecule has 11 heavy (non-hydrogen) atoms. The lowest BCUT2D eigenvalue weighted by Gasteiger charge is -2.20. The van der Waals surface area contributed by atoms with Crippen LogP contribution in [0, 0.1) is 5.92 Å². The molecule has 2 nitrogen and oxygen atoms in total. The van der Waals surface area contributed by atoms with Crippen molar-refractivity contribution in [3.05, 3.63) is 12.2 Å². The summed E-state index contributed by atoms with van der Waals surface area (Å²) >= 11 is 0. The summed E-state index contributed by atoms with van der Waals surface area (Å²) in [6.07, 6.45) is 7.83. The standard InChI is InChI=1S/C9H15NO/c1-8(7-10-11)9-5-3-2-4-6-9/h7,9,11H,1-6H2/b10-7+. The molecular formula is C9H15NO. The van der Waals surface area contributed by atoms with Crippen molar-refractivity contribution in [2.45, 2.75) is 32.1 Å². The summed E-state index contributed by atoms with van der Waals surface area (Å²) in [7, 11) is 0. The van der Waals surface area contributed by atoms with Gasteiger partial charge < -0.3 is 5.21 Å². The summed E-state index contributed by atoms with van der Waals surface area (Å²) < 4.78 is 0. The molecule has 0 bridgehead atoms. The van der Waals surface area contributed by atoms with Crippen LogP contribution < -0.4 is 0 Å². The van der Waals surface area contributed by atoms with E-state index in [1.54, 1.807) is 0 Å². The molecule has 0 spiro atoms. The third-order valence-electron chi connectivity index (χ3n) is 2.35. The zero-order valence-corrected chi connectivity index (χ0v) is 6.79. The number of oxime groups is 1. The molecule has 0 amide bonds. The van der Waals surface area contributed by atoms with Gasteiger partial charge in [-0.2, -0.15) is 0 Å². The topological polar surface area (TPSA) is 32.6 Å². The Morgan fingerprint density at radius 1 is 1.36 bits per heavy atom. The Morgan fingerprint density at radius 2 is 2.00 bits per heavy atom. The summed E-state index contributed by atoms with van der Waals surface area (Å²) in [5, 5.41) is 11.3. The molecule has 1 rings (SSSR count). The van der Waals surface area contributed by atoms with E-state index >= 15 is 0 Å². The summed E-state index contributed by atoms with van der Waals surface area (Å²) in [4.78, 5) is 0. The molecule has 1 fully saturated rings. The van der Waals surface area contributed by atoms with E-state index in [4.69, 9.17) is 5.21 Å². The number of nitrogens with zero attached hydrogens (tertiary/aromatic N) is 1. The summed E-state index contributed by atoms with van der Waals surface area (Å²) in [6, 6.07) is 0. The van der Waals surface area contributed by atoms with E-state index in [9.17, 15) is 0 Å². The Bertz CT molecular complexity index is 157. The Kier molecular flexibility index (Phi) is 3.14. The van der Waals surface area contributed by atoms with Gasteiger partial charge in [0.05, 0.1) is 6.21 Å². The molecule has 2 heteroatoms. The maximum absolute atomic E-state index is 8.28. The van der Waals surface area contributed by atoms with Crippen LogP contribution in [0.1, 0.15) is 32.1 Å². The predicted octanol–water partition coefficient (Wildman–Crippen LogP) is 2.58. The Morgan fingerprint density at radius 3 is 2.55 bits per heavy atom. The van der Waals surface area contributed by atoms with Crippen LogP contribution in [-0.2, 0) is 0 Å². The van der Waals surface area contributed by atoms with Crippen molar-refractivity contribution in [1.29, 1.82) is 0 Å². The first-order valence-electron chi connectivity index (χ1n) is 4.21. The molecule has 0 aromatic carbocycles. The summed E-state index contributed by atoms with van der Waals surface area (Å²) in [5.41, 5.74) is 0.979. The van der Waals surface area contributed by atoms with Gasteiger partial charge in [-0.15, -0.1) is 0 Å². The second-order valence-electron chi connectivity index (χ2n) is 3.15.